The second-order valence-corrected chi connectivity index (χ2v) is 5.28. The second kappa shape index (κ2) is 7.51. The van der Waals surface area contributed by atoms with Gasteiger partial charge >= 0.3 is 0 Å². The highest BCUT2D eigenvalue weighted by molar-refractivity contribution is 5.27. The summed E-state index contributed by atoms with van der Waals surface area (Å²) in [5.41, 5.74) is 1.30. The van der Waals surface area contributed by atoms with Crippen molar-refractivity contribution in [3.63, 3.8) is 0 Å². The van der Waals surface area contributed by atoms with Gasteiger partial charge in [-0.15, -0.1) is 0 Å². The fourth-order valence-electron chi connectivity index (χ4n) is 2.10. The first kappa shape index (κ1) is 14.4. The van der Waals surface area contributed by atoms with Crippen molar-refractivity contribution in [2.24, 2.45) is 0 Å². The van der Waals surface area contributed by atoms with Crippen LogP contribution in [-0.4, -0.2) is 25.4 Å². The van der Waals surface area contributed by atoms with Crippen molar-refractivity contribution in [3.05, 3.63) is 29.8 Å². The third-order valence-corrected chi connectivity index (χ3v) is 3.65. The second-order valence-electron chi connectivity index (χ2n) is 5.28. The number of benzene rings is 1. The van der Waals surface area contributed by atoms with E-state index in [4.69, 9.17) is 9.47 Å². The van der Waals surface area contributed by atoms with Gasteiger partial charge in [0.25, 0.3) is 0 Å². The Morgan fingerprint density at radius 3 is 2.79 bits per heavy atom. The molecule has 2 atom stereocenters. The van der Waals surface area contributed by atoms with E-state index >= 15 is 0 Å². The number of rotatable bonds is 7. The Hall–Kier alpha value is -1.06. The molecule has 0 saturated carbocycles. The zero-order chi connectivity index (χ0) is 13.5. The van der Waals surface area contributed by atoms with Gasteiger partial charge in [-0.3, -0.25) is 0 Å². The molecule has 0 aliphatic carbocycles. The summed E-state index contributed by atoms with van der Waals surface area (Å²) >= 11 is 0. The average Bonchev–Trinajstić information content (AvgIpc) is 2.97. The van der Waals surface area contributed by atoms with Crippen LogP contribution in [0.4, 0.5) is 0 Å². The van der Waals surface area contributed by atoms with Crippen LogP contribution in [0.25, 0.3) is 0 Å². The fourth-order valence-corrected chi connectivity index (χ4v) is 2.10. The molecule has 3 heteroatoms. The van der Waals surface area contributed by atoms with Crippen molar-refractivity contribution in [2.75, 3.05) is 13.2 Å². The standard InChI is InChI=1S/C16H25NO2/c1-3-13(2)17-11-14-6-8-15(9-7-14)19-12-16-5-4-10-18-16/h6-9,13,16-17H,3-5,10-12H2,1-2H3. The normalized spacial score (nSPS) is 20.4. The van der Waals surface area contributed by atoms with E-state index in [1.165, 1.54) is 5.56 Å². The van der Waals surface area contributed by atoms with E-state index in [0.717, 1.165) is 38.2 Å². The topological polar surface area (TPSA) is 30.5 Å². The molecular formula is C16H25NO2. The molecule has 1 aromatic carbocycles. The molecule has 1 fully saturated rings. The molecule has 1 aromatic rings. The van der Waals surface area contributed by atoms with Crippen LogP contribution in [0.2, 0.25) is 0 Å². The van der Waals surface area contributed by atoms with Gasteiger partial charge < -0.3 is 14.8 Å². The Morgan fingerprint density at radius 2 is 2.16 bits per heavy atom. The number of hydrogen-bond acceptors (Lipinski definition) is 3. The molecule has 0 radical (unpaired) electrons. The van der Waals surface area contributed by atoms with Crippen LogP contribution in [0.1, 0.15) is 38.7 Å². The first-order chi connectivity index (χ1) is 9.28. The van der Waals surface area contributed by atoms with Crippen molar-refractivity contribution in [1.82, 2.24) is 5.32 Å². The number of hydrogen-bond donors (Lipinski definition) is 1. The average molecular weight is 263 g/mol. The maximum absolute atomic E-state index is 5.75. The predicted octanol–water partition coefficient (Wildman–Crippen LogP) is 3.13. The van der Waals surface area contributed by atoms with Crippen LogP contribution >= 0.6 is 0 Å². The van der Waals surface area contributed by atoms with Gasteiger partial charge in [0.1, 0.15) is 12.4 Å². The summed E-state index contributed by atoms with van der Waals surface area (Å²) in [6.45, 7) is 6.87. The number of nitrogens with one attached hydrogen (secondary N) is 1. The van der Waals surface area contributed by atoms with E-state index in [9.17, 15) is 0 Å². The molecule has 2 rings (SSSR count). The lowest BCUT2D eigenvalue weighted by Gasteiger charge is -2.13. The molecule has 1 aliphatic heterocycles. The lowest BCUT2D eigenvalue weighted by molar-refractivity contribution is 0.0679. The van der Waals surface area contributed by atoms with Gasteiger partial charge in [-0.2, -0.15) is 0 Å². The van der Waals surface area contributed by atoms with Crippen molar-refractivity contribution in [2.45, 2.75) is 51.8 Å². The van der Waals surface area contributed by atoms with E-state index in [1.54, 1.807) is 0 Å². The van der Waals surface area contributed by atoms with Crippen LogP contribution in [0, 0.1) is 0 Å². The fraction of sp³-hybridized carbons (Fsp3) is 0.625. The van der Waals surface area contributed by atoms with Gasteiger partial charge in [-0.05, 0) is 43.9 Å². The van der Waals surface area contributed by atoms with E-state index in [0.29, 0.717) is 12.6 Å². The molecule has 0 bridgehead atoms. The van der Waals surface area contributed by atoms with Crippen molar-refractivity contribution < 1.29 is 9.47 Å². The largest absolute Gasteiger partial charge is 0.491 e. The summed E-state index contributed by atoms with van der Waals surface area (Å²) in [5, 5.41) is 3.48. The zero-order valence-electron chi connectivity index (χ0n) is 12.0. The molecule has 0 aromatic heterocycles. The molecule has 0 spiro atoms. The van der Waals surface area contributed by atoms with Gasteiger partial charge in [0.05, 0.1) is 6.10 Å². The third-order valence-electron chi connectivity index (χ3n) is 3.65. The highest BCUT2D eigenvalue weighted by atomic mass is 16.5. The number of ether oxygens (including phenoxy) is 2. The van der Waals surface area contributed by atoms with E-state index in [2.05, 4.69) is 31.3 Å². The maximum Gasteiger partial charge on any atom is 0.119 e. The maximum atomic E-state index is 5.75. The summed E-state index contributed by atoms with van der Waals surface area (Å²) in [6, 6.07) is 8.90. The lowest BCUT2D eigenvalue weighted by Crippen LogP contribution is -2.24. The van der Waals surface area contributed by atoms with Crippen LogP contribution in [0.15, 0.2) is 24.3 Å². The Labute approximate surface area is 116 Å². The molecule has 3 nitrogen and oxygen atoms in total. The first-order valence-electron chi connectivity index (χ1n) is 7.34. The van der Waals surface area contributed by atoms with Gasteiger partial charge in [0.2, 0.25) is 0 Å². The van der Waals surface area contributed by atoms with E-state index in [-0.39, 0.29) is 6.10 Å². The summed E-state index contributed by atoms with van der Waals surface area (Å²) in [7, 11) is 0. The molecule has 19 heavy (non-hydrogen) atoms. The highest BCUT2D eigenvalue weighted by Gasteiger charge is 2.15. The highest BCUT2D eigenvalue weighted by Crippen LogP contribution is 2.16. The quantitative estimate of drug-likeness (QED) is 0.820. The molecule has 0 amide bonds. The Morgan fingerprint density at radius 1 is 1.37 bits per heavy atom. The Bertz CT molecular complexity index is 358. The van der Waals surface area contributed by atoms with Crippen LogP contribution in [0.3, 0.4) is 0 Å². The summed E-state index contributed by atoms with van der Waals surface area (Å²) in [4.78, 5) is 0. The Kier molecular flexibility index (Phi) is 5.67. The monoisotopic (exact) mass is 263 g/mol. The zero-order valence-corrected chi connectivity index (χ0v) is 12.0. The van der Waals surface area contributed by atoms with Gasteiger partial charge in [0.15, 0.2) is 0 Å². The van der Waals surface area contributed by atoms with Gasteiger partial charge in [0, 0.05) is 19.2 Å². The first-order valence-corrected chi connectivity index (χ1v) is 7.34. The van der Waals surface area contributed by atoms with Crippen LogP contribution < -0.4 is 10.1 Å². The summed E-state index contributed by atoms with van der Waals surface area (Å²) in [6.07, 6.45) is 3.72. The molecule has 106 valence electrons. The van der Waals surface area contributed by atoms with Crippen LogP contribution in [-0.2, 0) is 11.3 Å². The van der Waals surface area contributed by atoms with E-state index < -0.39 is 0 Å². The molecule has 1 heterocycles. The van der Waals surface area contributed by atoms with Crippen molar-refractivity contribution in [3.8, 4) is 5.75 Å². The summed E-state index contributed by atoms with van der Waals surface area (Å²) < 4.78 is 11.3. The molecule has 1 aliphatic rings. The minimum absolute atomic E-state index is 0.284. The molecule has 2 unspecified atom stereocenters. The van der Waals surface area contributed by atoms with Crippen molar-refractivity contribution >= 4 is 0 Å². The van der Waals surface area contributed by atoms with Crippen LogP contribution in [0.5, 0.6) is 5.75 Å². The molecule has 1 N–H and O–H groups in total. The lowest BCUT2D eigenvalue weighted by atomic mass is 10.2. The Balaban J connectivity index is 1.74. The summed E-state index contributed by atoms with van der Waals surface area (Å²) in [5.74, 6) is 0.933. The third kappa shape index (κ3) is 4.84. The van der Waals surface area contributed by atoms with Gasteiger partial charge in [-0.1, -0.05) is 19.1 Å². The van der Waals surface area contributed by atoms with E-state index in [1.807, 2.05) is 12.1 Å². The molecule has 1 saturated heterocycles. The SMILES string of the molecule is CCC(C)NCc1ccc(OCC2CCCO2)cc1. The predicted molar refractivity (Wildman–Crippen MR) is 77.5 cm³/mol. The van der Waals surface area contributed by atoms with Gasteiger partial charge in [-0.25, -0.2) is 0 Å². The molecular weight excluding hydrogens is 238 g/mol. The minimum atomic E-state index is 0.284. The smallest absolute Gasteiger partial charge is 0.119 e. The minimum Gasteiger partial charge on any atom is -0.491 e. The van der Waals surface area contributed by atoms with Crippen molar-refractivity contribution in [1.29, 1.82) is 0 Å².